The Morgan fingerprint density at radius 3 is 2.50 bits per heavy atom. The average molecular weight is 337 g/mol. The molecule has 2 saturated carbocycles. The Morgan fingerprint density at radius 1 is 1.04 bits per heavy atom. The van der Waals surface area contributed by atoms with Crippen LogP contribution in [0.5, 0.6) is 0 Å². The van der Waals surface area contributed by atoms with Gasteiger partial charge in [0, 0.05) is 18.6 Å². The number of hydrogen-bond donors (Lipinski definition) is 1. The van der Waals surface area contributed by atoms with Gasteiger partial charge in [-0.15, -0.1) is 0 Å². The lowest BCUT2D eigenvalue weighted by Crippen LogP contribution is -2.48. The van der Waals surface area contributed by atoms with E-state index in [1.54, 1.807) is 0 Å². The minimum absolute atomic E-state index is 0.105. The number of hydrogen-bond acceptors (Lipinski definition) is 3. The van der Waals surface area contributed by atoms with E-state index in [4.69, 9.17) is 4.74 Å². The van der Waals surface area contributed by atoms with Gasteiger partial charge in [0.15, 0.2) is 0 Å². The van der Waals surface area contributed by atoms with Crippen molar-refractivity contribution in [1.29, 1.82) is 0 Å². The summed E-state index contributed by atoms with van der Waals surface area (Å²) in [5.41, 5.74) is -0.403. The van der Waals surface area contributed by atoms with Crippen LogP contribution in [-0.2, 0) is 4.74 Å². The molecule has 1 N–H and O–H groups in total. The van der Waals surface area contributed by atoms with Crippen LogP contribution in [0, 0.1) is 11.8 Å². The second-order valence-electron chi connectivity index (χ2n) is 9.14. The van der Waals surface area contributed by atoms with Gasteiger partial charge in [-0.1, -0.05) is 19.3 Å². The quantitative estimate of drug-likeness (QED) is 0.830. The highest BCUT2D eigenvalue weighted by molar-refractivity contribution is 5.69. The molecule has 3 aliphatic rings. The van der Waals surface area contributed by atoms with Crippen molar-refractivity contribution in [2.24, 2.45) is 11.8 Å². The summed E-state index contributed by atoms with van der Waals surface area (Å²) in [7, 11) is 0. The van der Waals surface area contributed by atoms with E-state index in [2.05, 4.69) is 5.32 Å². The zero-order valence-corrected chi connectivity index (χ0v) is 15.9. The van der Waals surface area contributed by atoms with Crippen molar-refractivity contribution in [3.63, 3.8) is 0 Å². The first-order valence-electron chi connectivity index (χ1n) is 10.2. The number of amides is 1. The summed E-state index contributed by atoms with van der Waals surface area (Å²) < 4.78 is 5.65. The lowest BCUT2D eigenvalue weighted by atomic mass is 9.92. The van der Waals surface area contributed by atoms with Gasteiger partial charge in [0.05, 0.1) is 0 Å². The molecule has 3 rings (SSSR count). The highest BCUT2D eigenvalue weighted by Gasteiger charge is 2.42. The van der Waals surface area contributed by atoms with Gasteiger partial charge in [-0.05, 0) is 77.7 Å². The van der Waals surface area contributed by atoms with E-state index < -0.39 is 5.60 Å². The van der Waals surface area contributed by atoms with Gasteiger partial charge in [-0.25, -0.2) is 4.79 Å². The predicted molar refractivity (Wildman–Crippen MR) is 97.1 cm³/mol. The summed E-state index contributed by atoms with van der Waals surface area (Å²) >= 11 is 0. The molecule has 0 spiro atoms. The second kappa shape index (κ2) is 7.63. The van der Waals surface area contributed by atoms with Gasteiger partial charge in [-0.3, -0.25) is 0 Å². The summed E-state index contributed by atoms with van der Waals surface area (Å²) in [5.74, 6) is 1.50. The Kier molecular flexibility index (Phi) is 5.74. The van der Waals surface area contributed by atoms with Crippen molar-refractivity contribution < 1.29 is 9.53 Å². The van der Waals surface area contributed by atoms with Crippen LogP contribution in [0.2, 0.25) is 0 Å². The van der Waals surface area contributed by atoms with Gasteiger partial charge >= 0.3 is 6.09 Å². The van der Waals surface area contributed by atoms with Crippen LogP contribution in [0.25, 0.3) is 0 Å². The minimum atomic E-state index is -0.403. The van der Waals surface area contributed by atoms with Gasteiger partial charge in [-0.2, -0.15) is 0 Å². The molecule has 0 aromatic carbocycles. The lowest BCUT2D eigenvalue weighted by Gasteiger charge is -2.34. The standard InChI is InChI=1S/C20H36N2O2/c1-20(2,3)24-19(23)22-13-7-12-18(22)16-10-6-11-17(16)21-14-15-8-4-5-9-15/h15-18,21H,4-14H2,1-3H3. The van der Waals surface area contributed by atoms with Crippen molar-refractivity contribution in [3.05, 3.63) is 0 Å². The molecular formula is C20H36N2O2. The number of rotatable bonds is 4. The van der Waals surface area contributed by atoms with E-state index in [1.807, 2.05) is 25.7 Å². The number of nitrogens with one attached hydrogen (secondary N) is 1. The molecule has 1 aliphatic heterocycles. The fourth-order valence-corrected chi connectivity index (χ4v) is 5.02. The Balaban J connectivity index is 1.57. The van der Waals surface area contributed by atoms with Crippen molar-refractivity contribution in [3.8, 4) is 0 Å². The van der Waals surface area contributed by atoms with Gasteiger partial charge < -0.3 is 15.0 Å². The summed E-state index contributed by atoms with van der Waals surface area (Å²) in [5, 5.41) is 3.88. The molecule has 0 aromatic heterocycles. The average Bonchev–Trinajstić information content (AvgIpc) is 3.23. The van der Waals surface area contributed by atoms with E-state index in [0.29, 0.717) is 18.0 Å². The van der Waals surface area contributed by atoms with Crippen molar-refractivity contribution in [2.75, 3.05) is 13.1 Å². The Hall–Kier alpha value is -0.770. The molecule has 1 amide bonds. The Morgan fingerprint density at radius 2 is 1.79 bits per heavy atom. The maximum absolute atomic E-state index is 12.6. The van der Waals surface area contributed by atoms with Crippen LogP contribution in [0.3, 0.4) is 0 Å². The smallest absolute Gasteiger partial charge is 0.410 e. The van der Waals surface area contributed by atoms with E-state index in [9.17, 15) is 4.79 Å². The molecule has 1 heterocycles. The molecule has 4 nitrogen and oxygen atoms in total. The third-order valence-corrected chi connectivity index (χ3v) is 6.13. The Labute approximate surface area is 147 Å². The van der Waals surface area contributed by atoms with Crippen LogP contribution >= 0.6 is 0 Å². The highest BCUT2D eigenvalue weighted by Crippen LogP contribution is 2.37. The third-order valence-electron chi connectivity index (χ3n) is 6.13. The molecule has 2 aliphatic carbocycles. The van der Waals surface area contributed by atoms with E-state index in [0.717, 1.165) is 25.3 Å². The third kappa shape index (κ3) is 4.44. The summed E-state index contributed by atoms with van der Waals surface area (Å²) in [6.07, 6.45) is 11.6. The topological polar surface area (TPSA) is 41.6 Å². The largest absolute Gasteiger partial charge is 0.444 e. The molecular weight excluding hydrogens is 300 g/mol. The predicted octanol–water partition coefficient (Wildman–Crippen LogP) is 4.33. The molecule has 3 unspecified atom stereocenters. The van der Waals surface area contributed by atoms with Gasteiger partial charge in [0.1, 0.15) is 5.60 Å². The first-order valence-corrected chi connectivity index (χ1v) is 10.2. The van der Waals surface area contributed by atoms with Crippen LogP contribution in [0.4, 0.5) is 4.79 Å². The van der Waals surface area contributed by atoms with Crippen LogP contribution in [0.15, 0.2) is 0 Å². The fraction of sp³-hybridized carbons (Fsp3) is 0.950. The SMILES string of the molecule is CC(C)(C)OC(=O)N1CCCC1C1CCCC1NCC1CCCC1. The second-order valence-corrected chi connectivity index (χ2v) is 9.14. The van der Waals surface area contributed by atoms with Crippen molar-refractivity contribution >= 4 is 6.09 Å². The number of likely N-dealkylation sites (tertiary alicyclic amines) is 1. The normalized spacial score (nSPS) is 31.8. The minimum Gasteiger partial charge on any atom is -0.444 e. The van der Waals surface area contributed by atoms with Crippen molar-refractivity contribution in [2.45, 2.75) is 96.2 Å². The summed E-state index contributed by atoms with van der Waals surface area (Å²) in [4.78, 5) is 14.6. The number of nitrogens with zero attached hydrogens (tertiary/aromatic N) is 1. The van der Waals surface area contributed by atoms with Gasteiger partial charge in [0.2, 0.25) is 0 Å². The molecule has 0 aromatic rings. The zero-order valence-electron chi connectivity index (χ0n) is 15.9. The molecule has 1 saturated heterocycles. The molecule has 138 valence electrons. The van der Waals surface area contributed by atoms with Gasteiger partial charge in [0.25, 0.3) is 0 Å². The maximum Gasteiger partial charge on any atom is 0.410 e. The van der Waals surface area contributed by atoms with Crippen molar-refractivity contribution in [1.82, 2.24) is 10.2 Å². The van der Waals surface area contributed by atoms with E-state index >= 15 is 0 Å². The molecule has 3 atom stereocenters. The summed E-state index contributed by atoms with van der Waals surface area (Å²) in [6.45, 7) is 7.91. The highest BCUT2D eigenvalue weighted by atomic mass is 16.6. The zero-order chi connectivity index (χ0) is 17.2. The maximum atomic E-state index is 12.6. The molecule has 0 radical (unpaired) electrons. The van der Waals surface area contributed by atoms with Crippen LogP contribution < -0.4 is 5.32 Å². The molecule has 0 bridgehead atoms. The molecule has 24 heavy (non-hydrogen) atoms. The fourth-order valence-electron chi connectivity index (χ4n) is 5.02. The Bertz CT molecular complexity index is 426. The molecule has 3 fully saturated rings. The lowest BCUT2D eigenvalue weighted by molar-refractivity contribution is 0.0166. The molecule has 4 heteroatoms. The summed E-state index contributed by atoms with van der Waals surface area (Å²) in [6, 6.07) is 0.974. The number of ether oxygens (including phenoxy) is 1. The van der Waals surface area contributed by atoms with Crippen LogP contribution in [-0.4, -0.2) is 41.8 Å². The van der Waals surface area contributed by atoms with Crippen LogP contribution in [0.1, 0.15) is 78.6 Å². The van der Waals surface area contributed by atoms with E-state index in [1.165, 1.54) is 51.5 Å². The van der Waals surface area contributed by atoms with E-state index in [-0.39, 0.29) is 6.09 Å². The monoisotopic (exact) mass is 336 g/mol. The number of carbonyl (C=O) groups excluding carboxylic acids is 1. The first kappa shape index (κ1) is 18.0. The number of carbonyl (C=O) groups is 1. The first-order chi connectivity index (χ1) is 11.4.